The fourth-order valence-corrected chi connectivity index (χ4v) is 2.15. The van der Waals surface area contributed by atoms with Crippen molar-refractivity contribution in [3.8, 4) is 0 Å². The zero-order chi connectivity index (χ0) is 14.5. The molecule has 1 aromatic heterocycles. The Morgan fingerprint density at radius 2 is 2.00 bits per heavy atom. The van der Waals surface area contributed by atoms with Crippen LogP contribution in [-0.2, 0) is 13.0 Å². The molecular weight excluding hydrogens is 262 g/mol. The predicted molar refractivity (Wildman–Crippen MR) is 72.6 cm³/mol. The molecule has 2 rings (SSSR count). The average Bonchev–Trinajstić information content (AvgIpc) is 2.84. The minimum Gasteiger partial charge on any atom is -0.272 e. The number of nitrogens with two attached hydrogens (primary N) is 1. The van der Waals surface area contributed by atoms with Crippen LogP contribution in [0.3, 0.4) is 0 Å². The molecule has 1 unspecified atom stereocenters. The number of hydrogen-bond acceptors (Lipinski definition) is 3. The summed E-state index contributed by atoms with van der Waals surface area (Å²) >= 11 is 0. The Morgan fingerprint density at radius 1 is 1.30 bits per heavy atom. The lowest BCUT2D eigenvalue weighted by Crippen LogP contribution is -2.29. The van der Waals surface area contributed by atoms with Crippen molar-refractivity contribution in [1.82, 2.24) is 15.2 Å². The van der Waals surface area contributed by atoms with Crippen molar-refractivity contribution in [2.45, 2.75) is 32.4 Å². The Bertz CT molecular complexity index is 548. The Kier molecular flexibility index (Phi) is 4.81. The van der Waals surface area contributed by atoms with E-state index in [0.29, 0.717) is 12.0 Å². The van der Waals surface area contributed by atoms with E-state index in [0.717, 1.165) is 24.6 Å². The largest absolute Gasteiger partial charge is 0.272 e. The molecule has 1 aromatic carbocycles. The second kappa shape index (κ2) is 6.58. The molecule has 108 valence electrons. The van der Waals surface area contributed by atoms with E-state index in [-0.39, 0.29) is 6.04 Å². The van der Waals surface area contributed by atoms with Crippen LogP contribution in [0.25, 0.3) is 0 Å². The second-order valence-electron chi connectivity index (χ2n) is 4.74. The first-order chi connectivity index (χ1) is 9.62. The molecule has 4 nitrogen and oxygen atoms in total. The van der Waals surface area contributed by atoms with Gasteiger partial charge in [0.15, 0.2) is 0 Å². The number of hydrogen-bond donors (Lipinski definition) is 2. The summed E-state index contributed by atoms with van der Waals surface area (Å²) in [6.45, 7) is 2.89. The van der Waals surface area contributed by atoms with E-state index in [4.69, 9.17) is 5.84 Å². The third-order valence-corrected chi connectivity index (χ3v) is 3.07. The van der Waals surface area contributed by atoms with E-state index in [1.54, 1.807) is 6.20 Å². The third-order valence-electron chi connectivity index (χ3n) is 3.07. The summed E-state index contributed by atoms with van der Waals surface area (Å²) in [5.41, 5.74) is 4.11. The van der Waals surface area contributed by atoms with E-state index in [9.17, 15) is 8.78 Å². The molecular formula is C14H18F2N4. The first kappa shape index (κ1) is 14.6. The summed E-state index contributed by atoms with van der Waals surface area (Å²) in [7, 11) is 0. The summed E-state index contributed by atoms with van der Waals surface area (Å²) < 4.78 is 28.2. The van der Waals surface area contributed by atoms with Crippen LogP contribution in [0.1, 0.15) is 30.5 Å². The summed E-state index contributed by atoms with van der Waals surface area (Å²) in [6.07, 6.45) is 4.99. The molecule has 1 heterocycles. The fraction of sp³-hybridized carbons (Fsp3) is 0.357. The quantitative estimate of drug-likeness (QED) is 0.630. The number of benzene rings is 1. The van der Waals surface area contributed by atoms with Crippen LogP contribution in [0.4, 0.5) is 8.78 Å². The predicted octanol–water partition coefficient (Wildman–Crippen LogP) is 2.32. The molecule has 2 aromatic rings. The van der Waals surface area contributed by atoms with Gasteiger partial charge in [-0.25, -0.2) is 8.78 Å². The molecule has 0 aliphatic rings. The minimum atomic E-state index is -0.586. The van der Waals surface area contributed by atoms with Gasteiger partial charge in [0.1, 0.15) is 11.6 Å². The molecule has 6 heteroatoms. The van der Waals surface area contributed by atoms with E-state index >= 15 is 0 Å². The molecule has 0 bridgehead atoms. The van der Waals surface area contributed by atoms with Gasteiger partial charge >= 0.3 is 0 Å². The summed E-state index contributed by atoms with van der Waals surface area (Å²) in [5, 5.41) is 4.22. The van der Waals surface area contributed by atoms with Crippen LogP contribution in [0, 0.1) is 11.6 Å². The van der Waals surface area contributed by atoms with Gasteiger partial charge in [0, 0.05) is 24.4 Å². The van der Waals surface area contributed by atoms with E-state index in [2.05, 4.69) is 17.4 Å². The highest BCUT2D eigenvalue weighted by atomic mass is 19.1. The lowest BCUT2D eigenvalue weighted by atomic mass is 10.0. The fourth-order valence-electron chi connectivity index (χ4n) is 2.15. The van der Waals surface area contributed by atoms with Crippen molar-refractivity contribution in [2.75, 3.05) is 0 Å². The number of halogens is 2. The van der Waals surface area contributed by atoms with Gasteiger partial charge in [0.05, 0.1) is 12.2 Å². The molecule has 0 aliphatic heterocycles. The lowest BCUT2D eigenvalue weighted by molar-refractivity contribution is 0.538. The molecule has 0 amide bonds. The topological polar surface area (TPSA) is 55.9 Å². The number of nitrogens with one attached hydrogen (secondary N) is 1. The smallest absolute Gasteiger partial charge is 0.126 e. The second-order valence-corrected chi connectivity index (χ2v) is 4.74. The molecule has 0 saturated heterocycles. The highest BCUT2D eigenvalue weighted by Crippen LogP contribution is 2.19. The number of aromatic nitrogens is 2. The summed E-state index contributed by atoms with van der Waals surface area (Å²) in [5.74, 6) is 4.37. The van der Waals surface area contributed by atoms with Gasteiger partial charge in [-0.3, -0.25) is 16.0 Å². The first-order valence-electron chi connectivity index (χ1n) is 6.55. The SMILES string of the molecule is CCCn1cc(C(Cc2cc(F)cc(F)c2)NN)cn1. The number of aryl methyl sites for hydroxylation is 1. The van der Waals surface area contributed by atoms with Crippen LogP contribution in [0.15, 0.2) is 30.6 Å². The number of nitrogens with zero attached hydrogens (tertiary/aromatic N) is 2. The summed E-state index contributed by atoms with van der Waals surface area (Å²) in [4.78, 5) is 0. The lowest BCUT2D eigenvalue weighted by Gasteiger charge is -2.14. The zero-order valence-electron chi connectivity index (χ0n) is 11.3. The van der Waals surface area contributed by atoms with Gasteiger partial charge in [-0.2, -0.15) is 5.10 Å². The Hall–Kier alpha value is -1.79. The maximum Gasteiger partial charge on any atom is 0.126 e. The normalized spacial score (nSPS) is 12.6. The zero-order valence-corrected chi connectivity index (χ0v) is 11.3. The molecule has 0 saturated carbocycles. The third kappa shape index (κ3) is 3.61. The van der Waals surface area contributed by atoms with E-state index < -0.39 is 11.6 Å². The molecule has 3 N–H and O–H groups in total. The van der Waals surface area contributed by atoms with Crippen molar-refractivity contribution in [2.24, 2.45) is 5.84 Å². The van der Waals surface area contributed by atoms with Gasteiger partial charge in [-0.05, 0) is 30.5 Å². The van der Waals surface area contributed by atoms with Crippen LogP contribution in [0.2, 0.25) is 0 Å². The molecule has 0 spiro atoms. The molecule has 20 heavy (non-hydrogen) atoms. The van der Waals surface area contributed by atoms with Crippen molar-refractivity contribution in [1.29, 1.82) is 0 Å². The van der Waals surface area contributed by atoms with Gasteiger partial charge in [-0.15, -0.1) is 0 Å². The molecule has 1 atom stereocenters. The summed E-state index contributed by atoms with van der Waals surface area (Å²) in [6, 6.07) is 3.24. The van der Waals surface area contributed by atoms with Crippen LogP contribution < -0.4 is 11.3 Å². The van der Waals surface area contributed by atoms with Crippen molar-refractivity contribution in [3.05, 3.63) is 53.4 Å². The van der Waals surface area contributed by atoms with E-state index in [1.165, 1.54) is 12.1 Å². The van der Waals surface area contributed by atoms with Gasteiger partial charge in [-0.1, -0.05) is 6.92 Å². The Balaban J connectivity index is 2.15. The number of hydrazine groups is 1. The van der Waals surface area contributed by atoms with E-state index in [1.807, 2.05) is 10.9 Å². The maximum absolute atomic E-state index is 13.2. The van der Waals surface area contributed by atoms with Crippen LogP contribution >= 0.6 is 0 Å². The van der Waals surface area contributed by atoms with Crippen LogP contribution in [-0.4, -0.2) is 9.78 Å². The van der Waals surface area contributed by atoms with Crippen LogP contribution in [0.5, 0.6) is 0 Å². The van der Waals surface area contributed by atoms with Crippen molar-refractivity contribution >= 4 is 0 Å². The highest BCUT2D eigenvalue weighted by Gasteiger charge is 2.14. The minimum absolute atomic E-state index is 0.234. The molecule has 0 fully saturated rings. The maximum atomic E-state index is 13.2. The van der Waals surface area contributed by atoms with Crippen molar-refractivity contribution < 1.29 is 8.78 Å². The number of rotatable bonds is 6. The Morgan fingerprint density at radius 3 is 2.60 bits per heavy atom. The standard InChI is InChI=1S/C14H18F2N4/c1-2-3-20-9-11(8-18-20)14(19-17)6-10-4-12(15)7-13(16)5-10/h4-5,7-9,14,19H,2-3,6,17H2,1H3. The Labute approximate surface area is 116 Å². The molecule has 0 aliphatic carbocycles. The average molecular weight is 280 g/mol. The van der Waals surface area contributed by atoms with Gasteiger partial charge in [0.2, 0.25) is 0 Å². The van der Waals surface area contributed by atoms with Gasteiger partial charge < -0.3 is 0 Å². The monoisotopic (exact) mass is 280 g/mol. The highest BCUT2D eigenvalue weighted by molar-refractivity contribution is 5.22. The molecule has 0 radical (unpaired) electrons. The van der Waals surface area contributed by atoms with Gasteiger partial charge in [0.25, 0.3) is 0 Å². The van der Waals surface area contributed by atoms with Crippen molar-refractivity contribution in [3.63, 3.8) is 0 Å². The first-order valence-corrected chi connectivity index (χ1v) is 6.55.